The quantitative estimate of drug-likeness (QED) is 0.247. The van der Waals surface area contributed by atoms with Crippen molar-refractivity contribution in [3.63, 3.8) is 0 Å². The molecule has 3 aromatic heterocycles. The molecule has 0 bridgehead atoms. The highest BCUT2D eigenvalue weighted by Crippen LogP contribution is 2.31. The van der Waals surface area contributed by atoms with Gasteiger partial charge in [-0.05, 0) is 94.8 Å². The second-order valence-corrected chi connectivity index (χ2v) is 11.1. The monoisotopic (exact) mass is 562 g/mol. The summed E-state index contributed by atoms with van der Waals surface area (Å²) in [5.41, 5.74) is 14.8. The van der Waals surface area contributed by atoms with Crippen molar-refractivity contribution >= 4 is 5.71 Å². The Morgan fingerprint density at radius 1 is 0.857 bits per heavy atom. The van der Waals surface area contributed by atoms with Crippen molar-refractivity contribution in [2.45, 2.75) is 64.8 Å². The van der Waals surface area contributed by atoms with Gasteiger partial charge in [-0.1, -0.05) is 30.3 Å². The summed E-state index contributed by atoms with van der Waals surface area (Å²) >= 11 is 0. The zero-order valence-corrected chi connectivity index (χ0v) is 24.4. The van der Waals surface area contributed by atoms with E-state index in [0.29, 0.717) is 5.70 Å². The van der Waals surface area contributed by atoms with E-state index < -0.39 is 0 Å². The molecule has 5 heterocycles. The third-order valence-corrected chi connectivity index (χ3v) is 7.57. The Morgan fingerprint density at radius 2 is 1.55 bits per heavy atom. The molecule has 4 aromatic rings. The maximum absolute atomic E-state index is 6.07. The Labute approximate surface area is 247 Å². The van der Waals surface area contributed by atoms with Gasteiger partial charge in [-0.2, -0.15) is 5.10 Å². The summed E-state index contributed by atoms with van der Waals surface area (Å²) in [7, 11) is 0. The van der Waals surface area contributed by atoms with Crippen LogP contribution in [0.15, 0.2) is 83.5 Å². The minimum atomic E-state index is -0.166. The molecular formula is C34H38N6O2. The van der Waals surface area contributed by atoms with E-state index in [1.165, 1.54) is 0 Å². The van der Waals surface area contributed by atoms with Gasteiger partial charge in [0.1, 0.15) is 6.23 Å². The number of ether oxygens (including phenoxy) is 2. The van der Waals surface area contributed by atoms with E-state index in [9.17, 15) is 0 Å². The molecule has 216 valence electrons. The van der Waals surface area contributed by atoms with Crippen LogP contribution in [0.5, 0.6) is 0 Å². The molecule has 0 radical (unpaired) electrons. The normalized spacial score (nSPS) is 20.0. The molecular weight excluding hydrogens is 524 g/mol. The first-order valence-corrected chi connectivity index (χ1v) is 14.9. The van der Waals surface area contributed by atoms with E-state index in [-0.39, 0.29) is 12.5 Å². The zero-order valence-electron chi connectivity index (χ0n) is 24.4. The van der Waals surface area contributed by atoms with Crippen LogP contribution < -0.4 is 5.73 Å². The largest absolute Gasteiger partial charge is 0.402 e. The van der Waals surface area contributed by atoms with Gasteiger partial charge in [-0.15, -0.1) is 0 Å². The molecule has 6 rings (SSSR count). The number of allylic oxidation sites excluding steroid dienone is 2. The molecule has 2 atom stereocenters. The van der Waals surface area contributed by atoms with Crippen molar-refractivity contribution in [3.8, 4) is 33.9 Å². The summed E-state index contributed by atoms with van der Waals surface area (Å²) < 4.78 is 13.9. The summed E-state index contributed by atoms with van der Waals surface area (Å²) in [4.78, 5) is 14.9. The summed E-state index contributed by atoms with van der Waals surface area (Å²) in [6.07, 6.45) is 7.95. The summed E-state index contributed by atoms with van der Waals surface area (Å²) in [5.74, 6) is 0. The fourth-order valence-electron chi connectivity index (χ4n) is 5.53. The molecule has 2 aliphatic rings. The molecule has 2 N–H and O–H groups in total. The van der Waals surface area contributed by atoms with Crippen LogP contribution in [0, 0.1) is 6.92 Å². The van der Waals surface area contributed by atoms with Crippen molar-refractivity contribution in [1.82, 2.24) is 19.7 Å². The molecule has 8 nitrogen and oxygen atoms in total. The second kappa shape index (κ2) is 12.8. The maximum atomic E-state index is 6.07. The van der Waals surface area contributed by atoms with E-state index in [1.807, 2.05) is 61.0 Å². The summed E-state index contributed by atoms with van der Waals surface area (Å²) in [6, 6.07) is 22.6. The molecule has 1 aromatic carbocycles. The van der Waals surface area contributed by atoms with Gasteiger partial charge >= 0.3 is 0 Å². The first-order chi connectivity index (χ1) is 20.5. The van der Waals surface area contributed by atoms with Crippen LogP contribution in [0.2, 0.25) is 0 Å². The Balaban J connectivity index is 1.31. The number of pyridine rings is 2. The van der Waals surface area contributed by atoms with Gasteiger partial charge in [0, 0.05) is 30.0 Å². The molecule has 2 aliphatic heterocycles. The van der Waals surface area contributed by atoms with Crippen molar-refractivity contribution in [3.05, 3.63) is 89.9 Å². The lowest BCUT2D eigenvalue weighted by Crippen LogP contribution is -2.20. The number of benzene rings is 1. The fraction of sp³-hybridized carbons (Fsp3) is 0.353. The van der Waals surface area contributed by atoms with Crippen molar-refractivity contribution in [2.24, 2.45) is 10.7 Å². The van der Waals surface area contributed by atoms with Crippen molar-refractivity contribution in [2.75, 3.05) is 13.2 Å². The van der Waals surface area contributed by atoms with E-state index in [1.54, 1.807) is 0 Å². The van der Waals surface area contributed by atoms with Gasteiger partial charge in [0.15, 0.2) is 6.23 Å². The molecule has 2 unspecified atom stereocenters. The van der Waals surface area contributed by atoms with Crippen LogP contribution in [0.25, 0.3) is 33.9 Å². The summed E-state index contributed by atoms with van der Waals surface area (Å²) in [6.45, 7) is 5.38. The average Bonchev–Trinajstić information content (AvgIpc) is 3.43. The van der Waals surface area contributed by atoms with Crippen molar-refractivity contribution < 1.29 is 9.47 Å². The molecule has 2 fully saturated rings. The Hall–Kier alpha value is -4.14. The first kappa shape index (κ1) is 28.0. The van der Waals surface area contributed by atoms with Crippen LogP contribution in [-0.4, -0.2) is 44.9 Å². The van der Waals surface area contributed by atoms with Crippen LogP contribution in [0.4, 0.5) is 0 Å². The lowest BCUT2D eigenvalue weighted by Gasteiger charge is -2.24. The molecule has 2 saturated heterocycles. The van der Waals surface area contributed by atoms with Gasteiger partial charge in [-0.3, -0.25) is 4.99 Å². The average molecular weight is 563 g/mol. The second-order valence-electron chi connectivity index (χ2n) is 11.1. The third-order valence-electron chi connectivity index (χ3n) is 7.57. The van der Waals surface area contributed by atoms with Gasteiger partial charge in [0.2, 0.25) is 0 Å². The van der Waals surface area contributed by atoms with Crippen LogP contribution in [0.3, 0.4) is 0 Å². The van der Waals surface area contributed by atoms with Crippen molar-refractivity contribution in [1.29, 1.82) is 0 Å². The van der Waals surface area contributed by atoms with Gasteiger partial charge in [0.25, 0.3) is 0 Å². The smallest absolute Gasteiger partial charge is 0.150 e. The molecule has 0 saturated carbocycles. The number of nitrogens with two attached hydrogens (primary N) is 1. The van der Waals surface area contributed by atoms with Crippen LogP contribution >= 0.6 is 0 Å². The van der Waals surface area contributed by atoms with E-state index >= 15 is 0 Å². The number of hydrogen-bond acceptors (Lipinski definition) is 7. The Kier molecular flexibility index (Phi) is 8.53. The van der Waals surface area contributed by atoms with E-state index in [2.05, 4.69) is 30.3 Å². The van der Waals surface area contributed by atoms with Crippen LogP contribution in [0.1, 0.15) is 63.1 Å². The predicted octanol–water partition coefficient (Wildman–Crippen LogP) is 6.86. The SMILES string of the molecule is CC(N)=CC(=NC1CCCCO1)c1cccc(-c2cccc(-c3cccc(-c4cc(C)nn4C4CCCCO4)n3)c2)n1. The number of hydrogen-bond donors (Lipinski definition) is 1. The lowest BCUT2D eigenvalue weighted by molar-refractivity contribution is -0.0385. The van der Waals surface area contributed by atoms with Crippen LogP contribution in [-0.2, 0) is 9.47 Å². The molecule has 0 amide bonds. The number of aliphatic imine (C=N–C) groups is 1. The molecule has 0 aliphatic carbocycles. The number of aromatic nitrogens is 4. The van der Waals surface area contributed by atoms with E-state index in [0.717, 1.165) is 103 Å². The number of aryl methyl sites for hydroxylation is 1. The van der Waals surface area contributed by atoms with E-state index in [4.69, 9.17) is 35.3 Å². The van der Waals surface area contributed by atoms with Gasteiger partial charge < -0.3 is 15.2 Å². The maximum Gasteiger partial charge on any atom is 0.150 e. The highest BCUT2D eigenvalue weighted by Gasteiger charge is 2.21. The highest BCUT2D eigenvalue weighted by molar-refractivity contribution is 6.08. The minimum Gasteiger partial charge on any atom is -0.402 e. The number of rotatable bonds is 7. The zero-order chi connectivity index (χ0) is 28.9. The first-order valence-electron chi connectivity index (χ1n) is 14.9. The summed E-state index contributed by atoms with van der Waals surface area (Å²) in [5, 5.41) is 4.76. The van der Waals surface area contributed by atoms with Gasteiger partial charge in [-0.25, -0.2) is 14.6 Å². The minimum absolute atomic E-state index is 0.0504. The highest BCUT2D eigenvalue weighted by atomic mass is 16.5. The topological polar surface area (TPSA) is 100 Å². The standard InChI is InChI=1S/C34H38N6O2/c1-23(35)20-31(38-33-16-3-5-18-41-33)29-14-8-12-27(36-29)25-10-7-11-26(22-25)28-13-9-15-30(37-28)32-21-24(2)39-40(32)34-17-4-6-19-42-34/h7-15,20-22,33-34H,3-6,16-19,35H2,1-2H3. The lowest BCUT2D eigenvalue weighted by atomic mass is 10.0. The predicted molar refractivity (Wildman–Crippen MR) is 166 cm³/mol. The molecule has 8 heteroatoms. The number of nitrogens with zero attached hydrogens (tertiary/aromatic N) is 5. The Bertz CT molecular complexity index is 1590. The molecule has 42 heavy (non-hydrogen) atoms. The fourth-order valence-corrected chi connectivity index (χ4v) is 5.53. The van der Waals surface area contributed by atoms with Gasteiger partial charge in [0.05, 0.1) is 39.9 Å². The third kappa shape index (κ3) is 6.50. The molecule has 0 spiro atoms. The Morgan fingerprint density at radius 3 is 2.26 bits per heavy atom.